The molecule has 4 rings (SSSR count). The minimum Gasteiger partial charge on any atom is -0.488 e. The molecule has 0 saturated carbocycles. The summed E-state index contributed by atoms with van der Waals surface area (Å²) in [5.74, 6) is 1.40. The van der Waals surface area contributed by atoms with Crippen molar-refractivity contribution in [2.45, 2.75) is 32.2 Å². The average molecular weight is 398 g/mol. The van der Waals surface area contributed by atoms with Crippen LogP contribution in [0, 0.1) is 0 Å². The summed E-state index contributed by atoms with van der Waals surface area (Å²) in [5.41, 5.74) is 4.59. The molecule has 0 aromatic carbocycles. The van der Waals surface area contributed by atoms with Crippen molar-refractivity contribution in [2.75, 3.05) is 31.6 Å². The Morgan fingerprint density at radius 3 is 2.97 bits per heavy atom. The zero-order valence-electron chi connectivity index (χ0n) is 16.7. The second-order valence-corrected chi connectivity index (χ2v) is 7.33. The van der Waals surface area contributed by atoms with Gasteiger partial charge in [0.1, 0.15) is 12.3 Å². The zero-order chi connectivity index (χ0) is 20.4. The van der Waals surface area contributed by atoms with Gasteiger partial charge in [0.25, 0.3) is 5.91 Å². The Bertz CT molecular complexity index is 979. The fourth-order valence-corrected chi connectivity index (χ4v) is 3.97. The molecule has 29 heavy (non-hydrogen) atoms. The van der Waals surface area contributed by atoms with Crippen LogP contribution in [-0.2, 0) is 4.79 Å². The first-order valence-electron chi connectivity index (χ1n) is 9.94. The Labute approximate surface area is 169 Å². The molecule has 9 nitrogen and oxygen atoms in total. The Balaban J connectivity index is 1.67. The van der Waals surface area contributed by atoms with E-state index in [0.717, 1.165) is 37.3 Å². The van der Waals surface area contributed by atoms with Crippen LogP contribution in [-0.4, -0.2) is 59.6 Å². The predicted octanol–water partition coefficient (Wildman–Crippen LogP) is 1.43. The third-order valence-corrected chi connectivity index (χ3v) is 5.50. The van der Waals surface area contributed by atoms with Crippen LogP contribution < -0.4 is 20.6 Å². The molecule has 2 N–H and O–H groups in total. The van der Waals surface area contributed by atoms with Crippen LogP contribution in [0.2, 0.25) is 0 Å². The number of piperidine rings is 1. The first kappa shape index (κ1) is 19.1. The fraction of sp³-hybridized carbons (Fsp3) is 0.450. The number of carbonyl (C=O) groups is 2. The predicted molar refractivity (Wildman–Crippen MR) is 109 cm³/mol. The molecule has 0 unspecified atom stereocenters. The van der Waals surface area contributed by atoms with Gasteiger partial charge in [-0.15, -0.1) is 0 Å². The monoisotopic (exact) mass is 398 g/mol. The van der Waals surface area contributed by atoms with E-state index in [4.69, 9.17) is 4.74 Å². The Morgan fingerprint density at radius 2 is 2.21 bits per heavy atom. The molecule has 2 aromatic rings. The number of rotatable bonds is 4. The highest BCUT2D eigenvalue weighted by Gasteiger charge is 2.29. The number of amides is 1. The van der Waals surface area contributed by atoms with E-state index >= 15 is 0 Å². The minimum absolute atomic E-state index is 0.00730. The van der Waals surface area contributed by atoms with Gasteiger partial charge in [-0.3, -0.25) is 14.2 Å². The molecule has 0 radical (unpaired) electrons. The molecule has 0 bridgehead atoms. The zero-order valence-corrected chi connectivity index (χ0v) is 16.7. The SMILES string of the molecule is CN/N=c1/cc(N2CCOc3cc(C(=O)N4CCCC[C@@H]4C)[nH]c32)ccn1C=O. The highest BCUT2D eigenvalue weighted by molar-refractivity contribution is 5.95. The molecule has 1 atom stereocenters. The number of aromatic nitrogens is 2. The third-order valence-electron chi connectivity index (χ3n) is 5.50. The summed E-state index contributed by atoms with van der Waals surface area (Å²) in [4.78, 5) is 31.5. The average Bonchev–Trinajstić information content (AvgIpc) is 3.18. The Hall–Kier alpha value is -3.23. The summed E-state index contributed by atoms with van der Waals surface area (Å²) in [5, 5.41) is 4.14. The van der Waals surface area contributed by atoms with Gasteiger partial charge < -0.3 is 24.9 Å². The maximum absolute atomic E-state index is 13.0. The molecule has 2 aliphatic heterocycles. The first-order chi connectivity index (χ1) is 14.1. The van der Waals surface area contributed by atoms with Crippen LogP contribution in [0.4, 0.5) is 11.5 Å². The van der Waals surface area contributed by atoms with E-state index < -0.39 is 0 Å². The Morgan fingerprint density at radius 1 is 1.34 bits per heavy atom. The van der Waals surface area contributed by atoms with Crippen molar-refractivity contribution in [1.82, 2.24) is 19.9 Å². The van der Waals surface area contributed by atoms with Crippen LogP contribution in [0.15, 0.2) is 29.5 Å². The normalized spacial score (nSPS) is 19.5. The molecule has 2 aromatic heterocycles. The van der Waals surface area contributed by atoms with E-state index in [9.17, 15) is 9.59 Å². The summed E-state index contributed by atoms with van der Waals surface area (Å²) in [6.45, 7) is 4.00. The van der Waals surface area contributed by atoms with Crippen LogP contribution in [0.1, 0.15) is 36.7 Å². The molecule has 154 valence electrons. The molecule has 0 spiro atoms. The van der Waals surface area contributed by atoms with Crippen molar-refractivity contribution in [1.29, 1.82) is 0 Å². The lowest BCUT2D eigenvalue weighted by Gasteiger charge is -2.33. The van der Waals surface area contributed by atoms with E-state index in [2.05, 4.69) is 22.4 Å². The minimum atomic E-state index is 0.00730. The van der Waals surface area contributed by atoms with Gasteiger partial charge in [0.2, 0.25) is 6.41 Å². The maximum atomic E-state index is 13.0. The van der Waals surface area contributed by atoms with Crippen LogP contribution in [0.3, 0.4) is 0 Å². The van der Waals surface area contributed by atoms with Crippen molar-refractivity contribution in [3.8, 4) is 5.75 Å². The number of hydrogen-bond donors (Lipinski definition) is 2. The van der Waals surface area contributed by atoms with Crippen molar-refractivity contribution < 1.29 is 14.3 Å². The lowest BCUT2D eigenvalue weighted by Crippen LogP contribution is -2.42. The number of anilines is 2. The van der Waals surface area contributed by atoms with Gasteiger partial charge in [-0.05, 0) is 32.3 Å². The van der Waals surface area contributed by atoms with Gasteiger partial charge in [0.15, 0.2) is 17.1 Å². The summed E-state index contributed by atoms with van der Waals surface area (Å²) < 4.78 is 7.19. The summed E-state index contributed by atoms with van der Waals surface area (Å²) in [6.07, 6.45) is 5.61. The highest BCUT2D eigenvalue weighted by Crippen LogP contribution is 2.37. The number of carbonyl (C=O) groups excluding carboxylic acids is 2. The lowest BCUT2D eigenvalue weighted by atomic mass is 10.0. The van der Waals surface area contributed by atoms with Crippen molar-refractivity contribution in [2.24, 2.45) is 5.10 Å². The topological polar surface area (TPSA) is 95.0 Å². The summed E-state index contributed by atoms with van der Waals surface area (Å²) in [7, 11) is 1.68. The smallest absolute Gasteiger partial charge is 0.270 e. The molecule has 0 aliphatic carbocycles. The lowest BCUT2D eigenvalue weighted by molar-refractivity contribution is 0.0630. The number of aromatic amines is 1. The van der Waals surface area contributed by atoms with Crippen molar-refractivity contribution in [3.63, 3.8) is 0 Å². The fourth-order valence-electron chi connectivity index (χ4n) is 3.97. The van der Waals surface area contributed by atoms with Crippen molar-refractivity contribution in [3.05, 3.63) is 35.6 Å². The molecule has 9 heteroatoms. The van der Waals surface area contributed by atoms with E-state index in [0.29, 0.717) is 36.5 Å². The quantitative estimate of drug-likeness (QED) is 0.600. The second kappa shape index (κ2) is 8.02. The molecule has 4 heterocycles. The molecular formula is C20H26N6O3. The molecule has 1 fully saturated rings. The molecule has 2 aliphatic rings. The number of fused-ring (bicyclic) bond motifs is 1. The van der Waals surface area contributed by atoms with Gasteiger partial charge in [-0.2, -0.15) is 5.10 Å². The first-order valence-corrected chi connectivity index (χ1v) is 9.94. The molecule has 1 amide bonds. The second-order valence-electron chi connectivity index (χ2n) is 7.33. The maximum Gasteiger partial charge on any atom is 0.270 e. The number of nitrogens with zero attached hydrogens (tertiary/aromatic N) is 4. The number of pyridine rings is 1. The Kier molecular flexibility index (Phi) is 5.28. The van der Waals surface area contributed by atoms with Crippen LogP contribution in [0.5, 0.6) is 5.75 Å². The van der Waals surface area contributed by atoms with Gasteiger partial charge in [0, 0.05) is 43.7 Å². The molecule has 1 saturated heterocycles. The number of likely N-dealkylation sites (tertiary alicyclic amines) is 1. The van der Waals surface area contributed by atoms with E-state index in [1.54, 1.807) is 19.3 Å². The molecular weight excluding hydrogens is 372 g/mol. The number of H-pyrrole nitrogens is 1. The van der Waals surface area contributed by atoms with Crippen LogP contribution in [0.25, 0.3) is 0 Å². The van der Waals surface area contributed by atoms with Crippen LogP contribution >= 0.6 is 0 Å². The summed E-state index contributed by atoms with van der Waals surface area (Å²) >= 11 is 0. The number of hydrogen-bond acceptors (Lipinski definition) is 6. The standard InChI is InChI=1S/C20H26N6O3/c1-14-5-3-4-7-25(14)20(28)16-12-17-19(22-16)26(9-10-29-17)15-6-8-24(13-27)18(11-15)23-21-2/h6,8,11-14,21-22H,3-5,7,9-10H2,1-2H3/b23-18-/t14-/m0/s1. The third kappa shape index (κ3) is 3.59. The van der Waals surface area contributed by atoms with E-state index in [1.165, 1.54) is 4.57 Å². The van der Waals surface area contributed by atoms with E-state index in [-0.39, 0.29) is 11.9 Å². The van der Waals surface area contributed by atoms with Gasteiger partial charge >= 0.3 is 0 Å². The highest BCUT2D eigenvalue weighted by atomic mass is 16.5. The summed E-state index contributed by atoms with van der Waals surface area (Å²) in [6, 6.07) is 5.69. The largest absolute Gasteiger partial charge is 0.488 e. The number of nitrogens with one attached hydrogen (secondary N) is 2. The van der Waals surface area contributed by atoms with Crippen molar-refractivity contribution >= 4 is 23.8 Å². The van der Waals surface area contributed by atoms with E-state index in [1.807, 2.05) is 21.9 Å². The van der Waals surface area contributed by atoms with Gasteiger partial charge in [0.05, 0.1) is 6.54 Å². The number of ether oxygens (including phenoxy) is 1. The van der Waals surface area contributed by atoms with Gasteiger partial charge in [-0.1, -0.05) is 0 Å². The van der Waals surface area contributed by atoms with Gasteiger partial charge in [-0.25, -0.2) is 0 Å².